The van der Waals surface area contributed by atoms with Crippen molar-refractivity contribution in [1.82, 2.24) is 9.73 Å². The highest BCUT2D eigenvalue weighted by Gasteiger charge is 2.26. The van der Waals surface area contributed by atoms with E-state index < -0.39 is 15.9 Å². The van der Waals surface area contributed by atoms with Gasteiger partial charge in [0, 0.05) is 18.7 Å². The standard InChI is InChI=1S/C18H19N3O5S/c22-16-6-4-14(5-7-16)13-19-20-18(23)15-2-1-3-17(12-15)27(24,25)21-8-10-26-11-9-21/h1-7,12-13,22H,8-11H2,(H,20,23)/b19-13+. The Morgan fingerprint density at radius 3 is 2.56 bits per heavy atom. The van der Waals surface area contributed by atoms with Gasteiger partial charge in [-0.1, -0.05) is 6.07 Å². The zero-order valence-corrected chi connectivity index (χ0v) is 15.2. The smallest absolute Gasteiger partial charge is 0.271 e. The number of phenols is 1. The fraction of sp³-hybridized carbons (Fsp3) is 0.222. The number of rotatable bonds is 5. The van der Waals surface area contributed by atoms with Gasteiger partial charge >= 0.3 is 0 Å². The number of morpholine rings is 1. The van der Waals surface area contributed by atoms with Gasteiger partial charge in [0.1, 0.15) is 5.75 Å². The van der Waals surface area contributed by atoms with E-state index in [0.717, 1.165) is 0 Å². The van der Waals surface area contributed by atoms with E-state index in [-0.39, 0.29) is 29.3 Å². The number of benzene rings is 2. The van der Waals surface area contributed by atoms with Crippen molar-refractivity contribution in [1.29, 1.82) is 0 Å². The van der Waals surface area contributed by atoms with E-state index in [1.807, 2.05) is 0 Å². The number of carbonyl (C=O) groups excluding carboxylic acids is 1. The first-order chi connectivity index (χ1) is 13.0. The number of nitrogens with zero attached hydrogens (tertiary/aromatic N) is 2. The van der Waals surface area contributed by atoms with Crippen molar-refractivity contribution in [3.63, 3.8) is 0 Å². The molecule has 2 aromatic rings. The fourth-order valence-corrected chi connectivity index (χ4v) is 3.98. The van der Waals surface area contributed by atoms with Crippen LogP contribution in [-0.2, 0) is 14.8 Å². The van der Waals surface area contributed by atoms with E-state index in [9.17, 15) is 18.3 Å². The summed E-state index contributed by atoms with van der Waals surface area (Å²) < 4.78 is 31.9. The number of aromatic hydroxyl groups is 1. The third-order valence-electron chi connectivity index (χ3n) is 3.98. The zero-order valence-electron chi connectivity index (χ0n) is 14.4. The highest BCUT2D eigenvalue weighted by Crippen LogP contribution is 2.18. The number of amides is 1. The Labute approximate surface area is 157 Å². The minimum Gasteiger partial charge on any atom is -0.508 e. The molecular weight excluding hydrogens is 370 g/mol. The molecule has 9 heteroatoms. The number of phenolic OH excluding ortho intramolecular Hbond substituents is 1. The molecule has 0 aliphatic carbocycles. The summed E-state index contributed by atoms with van der Waals surface area (Å²) in [6.45, 7) is 1.28. The Bertz CT molecular complexity index is 936. The summed E-state index contributed by atoms with van der Waals surface area (Å²) in [7, 11) is -3.67. The summed E-state index contributed by atoms with van der Waals surface area (Å²) in [6, 6.07) is 12.1. The minimum atomic E-state index is -3.67. The predicted octanol–water partition coefficient (Wildman–Crippen LogP) is 1.18. The molecule has 27 heavy (non-hydrogen) atoms. The molecule has 0 saturated carbocycles. The molecule has 2 aromatic carbocycles. The van der Waals surface area contributed by atoms with Crippen LogP contribution in [0, 0.1) is 0 Å². The van der Waals surface area contributed by atoms with Gasteiger partial charge in [-0.2, -0.15) is 9.41 Å². The highest BCUT2D eigenvalue weighted by atomic mass is 32.2. The van der Waals surface area contributed by atoms with Gasteiger partial charge in [0.25, 0.3) is 5.91 Å². The van der Waals surface area contributed by atoms with E-state index >= 15 is 0 Å². The first kappa shape index (κ1) is 19.0. The number of hydrogen-bond donors (Lipinski definition) is 2. The number of nitrogens with one attached hydrogen (secondary N) is 1. The molecule has 142 valence electrons. The lowest BCUT2D eigenvalue weighted by Gasteiger charge is -2.26. The molecule has 0 bridgehead atoms. The SMILES string of the molecule is O=C(N/N=C/c1ccc(O)cc1)c1cccc(S(=O)(=O)N2CCOCC2)c1. The monoisotopic (exact) mass is 389 g/mol. The summed E-state index contributed by atoms with van der Waals surface area (Å²) in [5, 5.41) is 13.1. The average molecular weight is 389 g/mol. The molecule has 1 aliphatic heterocycles. The lowest BCUT2D eigenvalue weighted by molar-refractivity contribution is 0.0730. The molecule has 2 N–H and O–H groups in total. The molecule has 0 aromatic heterocycles. The quantitative estimate of drug-likeness (QED) is 0.590. The summed E-state index contributed by atoms with van der Waals surface area (Å²) in [6.07, 6.45) is 1.42. The van der Waals surface area contributed by atoms with Crippen molar-refractivity contribution in [3.8, 4) is 5.75 Å². The van der Waals surface area contributed by atoms with Gasteiger partial charge in [-0.3, -0.25) is 4.79 Å². The fourth-order valence-electron chi connectivity index (χ4n) is 2.52. The van der Waals surface area contributed by atoms with Crippen LogP contribution in [0.15, 0.2) is 58.5 Å². The van der Waals surface area contributed by atoms with Crippen molar-refractivity contribution in [2.24, 2.45) is 5.10 Å². The third kappa shape index (κ3) is 4.70. The molecular formula is C18H19N3O5S. The van der Waals surface area contributed by atoms with Crippen LogP contribution in [0.2, 0.25) is 0 Å². The summed E-state index contributed by atoms with van der Waals surface area (Å²) in [4.78, 5) is 12.3. The predicted molar refractivity (Wildman–Crippen MR) is 99.2 cm³/mol. The molecule has 0 atom stereocenters. The number of ether oxygens (including phenoxy) is 1. The van der Waals surface area contributed by atoms with Crippen molar-refractivity contribution < 1.29 is 23.1 Å². The van der Waals surface area contributed by atoms with Gasteiger partial charge in [-0.15, -0.1) is 0 Å². The lowest BCUT2D eigenvalue weighted by atomic mass is 10.2. The molecule has 1 aliphatic rings. The van der Waals surface area contributed by atoms with Crippen molar-refractivity contribution in [2.45, 2.75) is 4.90 Å². The van der Waals surface area contributed by atoms with E-state index in [1.165, 1.54) is 46.9 Å². The molecule has 1 fully saturated rings. The highest BCUT2D eigenvalue weighted by molar-refractivity contribution is 7.89. The third-order valence-corrected chi connectivity index (χ3v) is 5.87. The van der Waals surface area contributed by atoms with Crippen molar-refractivity contribution >= 4 is 22.1 Å². The maximum absolute atomic E-state index is 12.7. The summed E-state index contributed by atoms with van der Waals surface area (Å²) in [5.74, 6) is -0.390. The van der Waals surface area contributed by atoms with Gasteiger partial charge < -0.3 is 9.84 Å². The maximum Gasteiger partial charge on any atom is 0.271 e. The normalized spacial score (nSPS) is 15.7. The average Bonchev–Trinajstić information content (AvgIpc) is 2.70. The number of hydrazone groups is 1. The second kappa shape index (κ2) is 8.30. The Morgan fingerprint density at radius 1 is 1.15 bits per heavy atom. The van der Waals surface area contributed by atoms with Crippen LogP contribution in [0.4, 0.5) is 0 Å². The number of hydrogen-bond acceptors (Lipinski definition) is 6. The molecule has 1 saturated heterocycles. The van der Waals surface area contributed by atoms with Gasteiger partial charge in [0.15, 0.2) is 0 Å². The van der Waals surface area contributed by atoms with Crippen LogP contribution < -0.4 is 5.43 Å². The second-order valence-electron chi connectivity index (χ2n) is 5.83. The number of carbonyl (C=O) groups is 1. The van der Waals surface area contributed by atoms with Crippen LogP contribution in [0.3, 0.4) is 0 Å². The molecule has 0 radical (unpaired) electrons. The first-order valence-electron chi connectivity index (χ1n) is 8.27. The van der Waals surface area contributed by atoms with E-state index in [4.69, 9.17) is 4.74 Å². The van der Waals surface area contributed by atoms with E-state index in [1.54, 1.807) is 12.1 Å². The largest absolute Gasteiger partial charge is 0.508 e. The van der Waals surface area contributed by atoms with Gasteiger partial charge in [0.2, 0.25) is 10.0 Å². The van der Waals surface area contributed by atoms with Gasteiger partial charge in [-0.25, -0.2) is 13.8 Å². The van der Waals surface area contributed by atoms with Crippen LogP contribution in [0.1, 0.15) is 15.9 Å². The summed E-state index contributed by atoms with van der Waals surface area (Å²) in [5.41, 5.74) is 3.24. The molecule has 3 rings (SSSR count). The minimum absolute atomic E-state index is 0.0552. The topological polar surface area (TPSA) is 108 Å². The summed E-state index contributed by atoms with van der Waals surface area (Å²) >= 11 is 0. The molecule has 0 spiro atoms. The Morgan fingerprint density at radius 2 is 1.85 bits per heavy atom. The van der Waals surface area contributed by atoms with Gasteiger partial charge in [-0.05, 0) is 48.0 Å². The molecule has 1 heterocycles. The maximum atomic E-state index is 12.7. The molecule has 1 amide bonds. The Kier molecular flexibility index (Phi) is 5.84. The van der Waals surface area contributed by atoms with Crippen LogP contribution in [0.25, 0.3) is 0 Å². The van der Waals surface area contributed by atoms with Crippen LogP contribution in [0.5, 0.6) is 5.75 Å². The first-order valence-corrected chi connectivity index (χ1v) is 9.71. The Balaban J connectivity index is 1.70. The second-order valence-corrected chi connectivity index (χ2v) is 7.77. The lowest BCUT2D eigenvalue weighted by Crippen LogP contribution is -2.40. The van der Waals surface area contributed by atoms with Crippen molar-refractivity contribution in [3.05, 3.63) is 59.7 Å². The van der Waals surface area contributed by atoms with Crippen molar-refractivity contribution in [2.75, 3.05) is 26.3 Å². The van der Waals surface area contributed by atoms with Crippen LogP contribution in [-0.4, -0.2) is 56.3 Å². The number of sulfonamides is 1. The Hall–Kier alpha value is -2.75. The van der Waals surface area contributed by atoms with E-state index in [2.05, 4.69) is 10.5 Å². The van der Waals surface area contributed by atoms with Crippen LogP contribution >= 0.6 is 0 Å². The molecule has 0 unspecified atom stereocenters. The van der Waals surface area contributed by atoms with E-state index in [0.29, 0.717) is 18.8 Å². The zero-order chi connectivity index (χ0) is 19.3. The van der Waals surface area contributed by atoms with Gasteiger partial charge in [0.05, 0.1) is 24.3 Å². The molecule has 8 nitrogen and oxygen atoms in total.